The van der Waals surface area contributed by atoms with Crippen molar-refractivity contribution in [1.82, 2.24) is 5.32 Å². The summed E-state index contributed by atoms with van der Waals surface area (Å²) >= 11 is 0. The molecule has 1 N–H and O–H groups in total. The Labute approximate surface area is 200 Å². The monoisotopic (exact) mass is 455 g/mol. The largest absolute Gasteiger partial charge is 0.497 e. The summed E-state index contributed by atoms with van der Waals surface area (Å²) in [5.41, 5.74) is 4.07. The lowest BCUT2D eigenvalue weighted by atomic mass is 10.1. The first-order valence-electron chi connectivity index (χ1n) is 11.5. The first-order valence-corrected chi connectivity index (χ1v) is 11.5. The van der Waals surface area contributed by atoms with Crippen LogP contribution in [-0.2, 0) is 16.0 Å². The average Bonchev–Trinajstić information content (AvgIpc) is 3.00. The number of rotatable bonds is 8. The minimum Gasteiger partial charge on any atom is -0.497 e. The predicted octanol–water partition coefficient (Wildman–Crippen LogP) is 4.69. The summed E-state index contributed by atoms with van der Waals surface area (Å²) in [6.07, 6.45) is 1.82. The van der Waals surface area contributed by atoms with E-state index in [4.69, 9.17) is 9.73 Å². The highest BCUT2D eigenvalue weighted by atomic mass is 16.5. The Balaban J connectivity index is 1.45. The molecule has 34 heavy (non-hydrogen) atoms. The number of anilines is 1. The average molecular weight is 456 g/mol. The molecule has 0 spiro atoms. The molecule has 3 aromatic rings. The molecule has 174 valence electrons. The number of aryl methyl sites for hydroxylation is 1. The molecule has 1 heterocycles. The van der Waals surface area contributed by atoms with Crippen molar-refractivity contribution < 1.29 is 14.3 Å². The van der Waals surface area contributed by atoms with Crippen molar-refractivity contribution in [2.24, 2.45) is 4.99 Å². The van der Waals surface area contributed by atoms with Crippen LogP contribution in [0.15, 0.2) is 83.9 Å². The smallest absolute Gasteiger partial charge is 0.240 e. The molecule has 6 heteroatoms. The maximum absolute atomic E-state index is 13.3. The summed E-state index contributed by atoms with van der Waals surface area (Å²) in [4.78, 5) is 32.4. The van der Waals surface area contributed by atoms with Gasteiger partial charge in [0.2, 0.25) is 11.8 Å². The van der Waals surface area contributed by atoms with Crippen molar-refractivity contribution in [3.8, 4) is 5.75 Å². The summed E-state index contributed by atoms with van der Waals surface area (Å²) in [6.45, 7) is 1.95. The zero-order valence-electron chi connectivity index (χ0n) is 19.5. The fourth-order valence-corrected chi connectivity index (χ4v) is 4.03. The van der Waals surface area contributed by atoms with Crippen LogP contribution in [0.1, 0.15) is 30.9 Å². The van der Waals surface area contributed by atoms with Crippen LogP contribution >= 0.6 is 0 Å². The first-order chi connectivity index (χ1) is 16.5. The Kier molecular flexibility index (Phi) is 7.38. The van der Waals surface area contributed by atoms with Crippen molar-refractivity contribution >= 4 is 28.9 Å². The minimum absolute atomic E-state index is 0.00357. The molecular formula is C28H29N3O3. The Morgan fingerprint density at radius 1 is 1.03 bits per heavy atom. The molecule has 0 radical (unpaired) electrons. The van der Waals surface area contributed by atoms with E-state index in [1.165, 1.54) is 10.5 Å². The third kappa shape index (κ3) is 5.70. The number of amides is 2. The molecule has 6 nitrogen and oxygen atoms in total. The second-order valence-corrected chi connectivity index (χ2v) is 8.43. The number of fused-ring (bicyclic) bond motifs is 1. The minimum atomic E-state index is -0.184. The molecule has 0 unspecified atom stereocenters. The molecule has 0 fully saturated rings. The number of nitrogens with zero attached hydrogens (tertiary/aromatic N) is 2. The summed E-state index contributed by atoms with van der Waals surface area (Å²) < 4.78 is 5.23. The van der Waals surface area contributed by atoms with Crippen molar-refractivity contribution in [2.45, 2.75) is 32.2 Å². The van der Waals surface area contributed by atoms with E-state index in [1.54, 1.807) is 7.11 Å². The molecule has 3 aromatic carbocycles. The van der Waals surface area contributed by atoms with E-state index in [1.807, 2.05) is 73.7 Å². The lowest BCUT2D eigenvalue weighted by molar-refractivity contribution is -0.123. The van der Waals surface area contributed by atoms with Crippen molar-refractivity contribution in [1.29, 1.82) is 0 Å². The van der Waals surface area contributed by atoms with Gasteiger partial charge in [-0.2, -0.15) is 0 Å². The van der Waals surface area contributed by atoms with Crippen molar-refractivity contribution in [3.63, 3.8) is 0 Å². The number of aliphatic imine (C=N–C) groups is 1. The molecule has 0 saturated heterocycles. The fourth-order valence-electron chi connectivity index (χ4n) is 4.03. The van der Waals surface area contributed by atoms with E-state index in [2.05, 4.69) is 17.4 Å². The quantitative estimate of drug-likeness (QED) is 0.536. The lowest BCUT2D eigenvalue weighted by Crippen LogP contribution is -2.43. The van der Waals surface area contributed by atoms with Gasteiger partial charge in [0, 0.05) is 6.04 Å². The van der Waals surface area contributed by atoms with Gasteiger partial charge in [-0.15, -0.1) is 0 Å². The van der Waals surface area contributed by atoms with Crippen LogP contribution in [0.3, 0.4) is 0 Å². The van der Waals surface area contributed by atoms with E-state index in [0.29, 0.717) is 17.1 Å². The number of para-hydroxylation sites is 2. The standard InChI is InChI=1S/C28H29N3O3/c1-20(12-13-21-8-4-3-5-9-21)29-27(32)19-31-26-11-7-6-10-24(26)30-25(18-28(31)33)22-14-16-23(34-2)17-15-22/h3-11,14-17,20H,12-13,18-19H2,1-2H3,(H,29,32)/t20-/m1/s1. The van der Waals surface area contributed by atoms with Crippen LogP contribution in [0.5, 0.6) is 5.75 Å². The Bertz CT molecular complexity index is 1170. The molecule has 4 rings (SSSR count). The van der Waals surface area contributed by atoms with Gasteiger partial charge in [-0.05, 0) is 67.3 Å². The maximum atomic E-state index is 13.3. The number of carbonyl (C=O) groups excluding carboxylic acids is 2. The second kappa shape index (κ2) is 10.8. The molecule has 0 bridgehead atoms. The Morgan fingerprint density at radius 3 is 2.47 bits per heavy atom. The second-order valence-electron chi connectivity index (χ2n) is 8.43. The zero-order chi connectivity index (χ0) is 23.9. The van der Waals surface area contributed by atoms with Crippen molar-refractivity contribution in [3.05, 3.63) is 90.0 Å². The fraction of sp³-hybridized carbons (Fsp3) is 0.250. The number of ether oxygens (including phenoxy) is 1. The van der Waals surface area contributed by atoms with E-state index in [9.17, 15) is 9.59 Å². The molecule has 0 aliphatic carbocycles. The first kappa shape index (κ1) is 23.2. The van der Waals surface area contributed by atoms with Gasteiger partial charge >= 0.3 is 0 Å². The Hall–Kier alpha value is -3.93. The van der Waals surface area contributed by atoms with Gasteiger partial charge in [0.05, 0.1) is 30.6 Å². The number of methoxy groups -OCH3 is 1. The highest BCUT2D eigenvalue weighted by Gasteiger charge is 2.27. The van der Waals surface area contributed by atoms with Gasteiger partial charge in [0.15, 0.2) is 0 Å². The third-order valence-electron chi connectivity index (χ3n) is 5.89. The van der Waals surface area contributed by atoms with Gasteiger partial charge in [-0.3, -0.25) is 14.6 Å². The number of hydrogen-bond donors (Lipinski definition) is 1. The molecule has 1 aliphatic rings. The molecule has 0 aromatic heterocycles. The SMILES string of the molecule is COc1ccc(C2=Nc3ccccc3N(CC(=O)N[C@H](C)CCc3ccccc3)C(=O)C2)cc1. The highest BCUT2D eigenvalue weighted by molar-refractivity contribution is 6.18. The number of benzene rings is 3. The van der Waals surface area contributed by atoms with Crippen LogP contribution in [0, 0.1) is 0 Å². The Morgan fingerprint density at radius 2 is 1.74 bits per heavy atom. The van der Waals surface area contributed by atoms with Crippen LogP contribution in [0.4, 0.5) is 11.4 Å². The van der Waals surface area contributed by atoms with Crippen LogP contribution in [0.25, 0.3) is 0 Å². The normalized spacial score (nSPS) is 14.0. The van der Waals surface area contributed by atoms with E-state index < -0.39 is 0 Å². The van der Waals surface area contributed by atoms with E-state index in [0.717, 1.165) is 24.2 Å². The summed E-state index contributed by atoms with van der Waals surface area (Å²) in [5, 5.41) is 3.04. The molecular weight excluding hydrogens is 426 g/mol. The molecule has 0 saturated carbocycles. The highest BCUT2D eigenvalue weighted by Crippen LogP contribution is 2.33. The summed E-state index contributed by atoms with van der Waals surface area (Å²) in [5.74, 6) is 0.396. The maximum Gasteiger partial charge on any atom is 0.240 e. The van der Waals surface area contributed by atoms with Gasteiger partial charge in [-0.1, -0.05) is 42.5 Å². The zero-order valence-corrected chi connectivity index (χ0v) is 19.5. The van der Waals surface area contributed by atoms with Gasteiger partial charge in [0.25, 0.3) is 0 Å². The summed E-state index contributed by atoms with van der Waals surface area (Å²) in [7, 11) is 1.61. The number of carbonyl (C=O) groups is 2. The van der Waals surface area contributed by atoms with Gasteiger partial charge in [-0.25, -0.2) is 0 Å². The van der Waals surface area contributed by atoms with Crippen LogP contribution in [0.2, 0.25) is 0 Å². The number of nitrogens with one attached hydrogen (secondary N) is 1. The van der Waals surface area contributed by atoms with Gasteiger partial charge < -0.3 is 15.0 Å². The van der Waals surface area contributed by atoms with Crippen LogP contribution < -0.4 is 15.0 Å². The van der Waals surface area contributed by atoms with Crippen LogP contribution in [-0.4, -0.2) is 37.2 Å². The number of hydrogen-bond acceptors (Lipinski definition) is 4. The third-order valence-corrected chi connectivity index (χ3v) is 5.89. The molecule has 1 aliphatic heterocycles. The van der Waals surface area contributed by atoms with Gasteiger partial charge in [0.1, 0.15) is 12.3 Å². The lowest BCUT2D eigenvalue weighted by Gasteiger charge is -2.23. The molecule has 2 amide bonds. The van der Waals surface area contributed by atoms with E-state index in [-0.39, 0.29) is 30.8 Å². The predicted molar refractivity (Wildman–Crippen MR) is 135 cm³/mol. The topological polar surface area (TPSA) is 71.0 Å². The summed E-state index contributed by atoms with van der Waals surface area (Å²) in [6, 6.07) is 25.1. The van der Waals surface area contributed by atoms with Crippen molar-refractivity contribution in [2.75, 3.05) is 18.6 Å². The molecule has 1 atom stereocenters. The van der Waals surface area contributed by atoms with E-state index >= 15 is 0 Å².